The van der Waals surface area contributed by atoms with E-state index >= 15 is 0 Å². The van der Waals surface area contributed by atoms with E-state index in [1.54, 1.807) is 0 Å². The van der Waals surface area contributed by atoms with E-state index in [0.717, 1.165) is 51.4 Å². The zero-order valence-electron chi connectivity index (χ0n) is 15.4. The van der Waals surface area contributed by atoms with E-state index in [1.807, 2.05) is 12.2 Å². The molecular weight excluding hydrogens is 380 g/mol. The Bertz CT molecular complexity index is 478. The molecular formula is C21H30CuO4. The zero-order chi connectivity index (χ0) is 18.8. The molecule has 149 valence electrons. The molecule has 0 unspecified atom stereocenters. The molecule has 1 radical (unpaired) electrons. The van der Waals surface area contributed by atoms with Crippen molar-refractivity contribution < 1.29 is 36.9 Å². The van der Waals surface area contributed by atoms with Gasteiger partial charge in [-0.1, -0.05) is 62.3 Å². The Balaban J connectivity index is 0. The summed E-state index contributed by atoms with van der Waals surface area (Å²) in [5.41, 5.74) is 0.142. The van der Waals surface area contributed by atoms with Gasteiger partial charge in [-0.15, -0.1) is 0 Å². The van der Waals surface area contributed by atoms with E-state index in [4.69, 9.17) is 0 Å². The molecule has 0 aliphatic carbocycles. The fraction of sp³-hybridized carbons (Fsp3) is 0.524. The van der Waals surface area contributed by atoms with E-state index in [9.17, 15) is 19.8 Å². The summed E-state index contributed by atoms with van der Waals surface area (Å²) in [4.78, 5) is 20.7. The minimum atomic E-state index is -1.17. The van der Waals surface area contributed by atoms with E-state index in [1.165, 1.54) is 0 Å². The van der Waals surface area contributed by atoms with Gasteiger partial charge in [0.05, 0.1) is 5.97 Å². The fourth-order valence-electron chi connectivity index (χ4n) is 2.20. The normalized spacial score (nSPS) is 11.2. The summed E-state index contributed by atoms with van der Waals surface area (Å²) in [5, 5.41) is 20.7. The Labute approximate surface area is 168 Å². The van der Waals surface area contributed by atoms with Crippen molar-refractivity contribution in [3.8, 4) is 0 Å². The smallest absolute Gasteiger partial charge is 0.550 e. The van der Waals surface area contributed by atoms with Crippen LogP contribution < -0.4 is 10.2 Å². The third kappa shape index (κ3) is 20.5. The minimum absolute atomic E-state index is 0. The number of aliphatic carboxylic acids is 2. The van der Waals surface area contributed by atoms with Gasteiger partial charge in [-0.2, -0.15) is 0 Å². The molecule has 4 nitrogen and oxygen atoms in total. The van der Waals surface area contributed by atoms with Crippen LogP contribution in [0.2, 0.25) is 0 Å². The van der Waals surface area contributed by atoms with Crippen LogP contribution in [0.25, 0.3) is 0 Å². The molecule has 0 amide bonds. The molecule has 0 rings (SSSR count). The monoisotopic (exact) mass is 409 g/mol. The Hall–Kier alpha value is -1.58. The summed E-state index contributed by atoms with van der Waals surface area (Å²) < 4.78 is 0. The van der Waals surface area contributed by atoms with Gasteiger partial charge in [-0.05, 0) is 56.9 Å². The van der Waals surface area contributed by atoms with Crippen LogP contribution in [0.4, 0.5) is 0 Å². The van der Waals surface area contributed by atoms with Crippen LogP contribution in [-0.4, -0.2) is 11.9 Å². The first-order valence-corrected chi connectivity index (χ1v) is 9.08. The third-order valence-electron chi connectivity index (χ3n) is 3.70. The van der Waals surface area contributed by atoms with Crippen LogP contribution >= 0.6 is 0 Å². The Morgan fingerprint density at radius 3 is 1.77 bits per heavy atom. The first-order chi connectivity index (χ1) is 12.0. The van der Waals surface area contributed by atoms with Crippen molar-refractivity contribution in [2.75, 3.05) is 0 Å². The molecule has 0 spiro atoms. The predicted molar refractivity (Wildman–Crippen MR) is 97.4 cm³/mol. The zero-order valence-corrected chi connectivity index (χ0v) is 16.3. The van der Waals surface area contributed by atoms with E-state index in [2.05, 4.69) is 30.9 Å². The van der Waals surface area contributed by atoms with E-state index in [0.29, 0.717) is 12.8 Å². The summed E-state index contributed by atoms with van der Waals surface area (Å²) in [5.74, 6) is -2.12. The Morgan fingerprint density at radius 1 is 0.692 bits per heavy atom. The van der Waals surface area contributed by atoms with Crippen molar-refractivity contribution in [3.05, 3.63) is 48.6 Å². The molecule has 0 aromatic heterocycles. The molecule has 0 aromatic carbocycles. The topological polar surface area (TPSA) is 80.3 Å². The molecule has 0 atom stereocenters. The average Bonchev–Trinajstić information content (AvgIpc) is 2.57. The van der Waals surface area contributed by atoms with Gasteiger partial charge in [-0.25, -0.2) is 0 Å². The van der Waals surface area contributed by atoms with Gasteiger partial charge < -0.3 is 19.8 Å². The predicted octanol–water partition coefficient (Wildman–Crippen LogP) is 3.00. The fourth-order valence-corrected chi connectivity index (χ4v) is 2.20. The molecule has 0 aliphatic rings. The average molecular weight is 410 g/mol. The summed E-state index contributed by atoms with van der Waals surface area (Å²) in [7, 11) is 0. The van der Waals surface area contributed by atoms with Gasteiger partial charge in [0.2, 0.25) is 0 Å². The second kappa shape index (κ2) is 19.7. The Kier molecular flexibility index (Phi) is 20.2. The van der Waals surface area contributed by atoms with Crippen molar-refractivity contribution in [2.45, 2.75) is 70.6 Å². The number of carbonyl (C=O) groups is 2. The molecule has 0 N–H and O–H groups in total. The molecule has 5 heteroatoms. The van der Waals surface area contributed by atoms with Crippen LogP contribution in [-0.2, 0) is 26.7 Å². The number of allylic oxidation sites excluding steroid dienone is 6. The van der Waals surface area contributed by atoms with Crippen molar-refractivity contribution in [1.29, 1.82) is 0 Å². The number of rotatable bonds is 16. The van der Waals surface area contributed by atoms with E-state index in [-0.39, 0.29) is 29.1 Å². The van der Waals surface area contributed by atoms with Gasteiger partial charge in [0.15, 0.2) is 0 Å². The molecule has 0 bridgehead atoms. The first kappa shape index (κ1) is 26.6. The summed E-state index contributed by atoms with van der Waals surface area (Å²) in [6.45, 7) is 3.43. The number of hydrogen-bond acceptors (Lipinski definition) is 4. The van der Waals surface area contributed by atoms with Gasteiger partial charge in [0.1, 0.15) is 0 Å². The molecule has 0 aliphatic heterocycles. The van der Waals surface area contributed by atoms with Crippen molar-refractivity contribution >= 4 is 11.9 Å². The van der Waals surface area contributed by atoms with Crippen LogP contribution in [0.1, 0.15) is 70.6 Å². The number of carboxylic acids is 2. The number of carbonyl (C=O) groups excluding carboxylic acids is 2. The van der Waals surface area contributed by atoms with Crippen LogP contribution in [0.15, 0.2) is 48.6 Å². The minimum Gasteiger partial charge on any atom is -0.550 e. The standard InChI is InChI=1S/C21H32O4.Cu/c1-19(21(24)25)17-15-13-11-9-7-5-3-2-4-6-8-10-12-14-16-18-20(22)23;/h2,4-5,7,11,13H,1,3,6,8-10,12,14-18H2,(H,22,23)(H,24,25);/q;+2/p-2/b4-2-,7-5-,13-11-;. The maximum atomic E-state index is 10.4. The molecule has 0 aromatic rings. The van der Waals surface area contributed by atoms with Gasteiger partial charge in [-0.3, -0.25) is 0 Å². The maximum absolute atomic E-state index is 10.4. The quantitative estimate of drug-likeness (QED) is 0.170. The Morgan fingerprint density at radius 2 is 1.19 bits per heavy atom. The third-order valence-corrected chi connectivity index (χ3v) is 3.70. The van der Waals surface area contributed by atoms with Crippen molar-refractivity contribution in [3.63, 3.8) is 0 Å². The molecule has 0 heterocycles. The van der Waals surface area contributed by atoms with Gasteiger partial charge in [0.25, 0.3) is 0 Å². The van der Waals surface area contributed by atoms with Crippen molar-refractivity contribution in [2.24, 2.45) is 0 Å². The van der Waals surface area contributed by atoms with Crippen molar-refractivity contribution in [1.82, 2.24) is 0 Å². The largest absolute Gasteiger partial charge is 2.00 e. The second-order valence-electron chi connectivity index (χ2n) is 5.99. The van der Waals surface area contributed by atoms with Gasteiger partial charge in [0, 0.05) is 5.97 Å². The summed E-state index contributed by atoms with van der Waals surface area (Å²) in [6, 6.07) is 0. The number of carboxylic acid groups (broad SMARTS) is 2. The molecule has 0 fully saturated rings. The number of hydrogen-bond donors (Lipinski definition) is 0. The number of unbranched alkanes of at least 4 members (excludes halogenated alkanes) is 5. The SMILES string of the molecule is C=C(CC/C=C\C/C=C\C/C=C\CCCCCCCC(=O)[O-])C(=O)[O-].[Cu+2]. The van der Waals surface area contributed by atoms with Crippen LogP contribution in [0.3, 0.4) is 0 Å². The second-order valence-corrected chi connectivity index (χ2v) is 5.99. The van der Waals surface area contributed by atoms with Gasteiger partial charge >= 0.3 is 17.1 Å². The van der Waals surface area contributed by atoms with E-state index < -0.39 is 11.9 Å². The molecule has 26 heavy (non-hydrogen) atoms. The summed E-state index contributed by atoms with van der Waals surface area (Å²) in [6.07, 6.45) is 21.7. The first-order valence-electron chi connectivity index (χ1n) is 9.08. The van der Waals surface area contributed by atoms with Crippen LogP contribution in [0, 0.1) is 0 Å². The maximum Gasteiger partial charge on any atom is 2.00 e. The molecule has 0 saturated heterocycles. The molecule has 0 saturated carbocycles. The summed E-state index contributed by atoms with van der Waals surface area (Å²) >= 11 is 0. The van der Waals surface area contributed by atoms with Crippen LogP contribution in [0.5, 0.6) is 0 Å².